The lowest BCUT2D eigenvalue weighted by molar-refractivity contribution is 0.353. The molecule has 1 aromatic rings. The van der Waals surface area contributed by atoms with E-state index >= 15 is 0 Å². The summed E-state index contributed by atoms with van der Waals surface area (Å²) < 4.78 is 10.7. The molecule has 4 nitrogen and oxygen atoms in total. The Kier molecular flexibility index (Phi) is 5.12. The third-order valence-electron chi connectivity index (χ3n) is 3.99. The van der Waals surface area contributed by atoms with Gasteiger partial charge >= 0.3 is 0 Å². The predicted molar refractivity (Wildman–Crippen MR) is 83.1 cm³/mol. The Bertz CT molecular complexity index is 436. The van der Waals surface area contributed by atoms with Gasteiger partial charge in [0.2, 0.25) is 0 Å². The summed E-state index contributed by atoms with van der Waals surface area (Å²) in [5.41, 5.74) is 1.21. The van der Waals surface area contributed by atoms with E-state index in [1.807, 2.05) is 6.07 Å². The van der Waals surface area contributed by atoms with Gasteiger partial charge in [0.1, 0.15) is 0 Å². The zero-order valence-corrected chi connectivity index (χ0v) is 13.0. The Labute approximate surface area is 122 Å². The molecule has 1 N–H and O–H groups in total. The first kappa shape index (κ1) is 15.0. The third kappa shape index (κ3) is 3.18. The SMILES string of the molecule is CCCC1CN(c2ccc(OC)c(OC)c2)C(C)CN1. The minimum Gasteiger partial charge on any atom is -0.493 e. The molecule has 1 aromatic carbocycles. The maximum absolute atomic E-state index is 5.41. The number of hydrogen-bond donors (Lipinski definition) is 1. The van der Waals surface area contributed by atoms with Crippen LogP contribution in [-0.2, 0) is 0 Å². The largest absolute Gasteiger partial charge is 0.493 e. The van der Waals surface area contributed by atoms with Crippen molar-refractivity contribution in [1.82, 2.24) is 5.32 Å². The van der Waals surface area contributed by atoms with Gasteiger partial charge in [0.05, 0.1) is 14.2 Å². The first-order chi connectivity index (χ1) is 9.69. The maximum Gasteiger partial charge on any atom is 0.162 e. The van der Waals surface area contributed by atoms with Crippen molar-refractivity contribution in [1.29, 1.82) is 0 Å². The number of piperazine rings is 1. The van der Waals surface area contributed by atoms with Crippen molar-refractivity contribution < 1.29 is 9.47 Å². The Morgan fingerprint density at radius 3 is 2.65 bits per heavy atom. The Balaban J connectivity index is 2.20. The van der Waals surface area contributed by atoms with Crippen LogP contribution in [0, 0.1) is 0 Å². The van der Waals surface area contributed by atoms with Crippen molar-refractivity contribution in [3.05, 3.63) is 18.2 Å². The van der Waals surface area contributed by atoms with Gasteiger partial charge in [-0.05, 0) is 25.5 Å². The summed E-state index contributed by atoms with van der Waals surface area (Å²) in [5.74, 6) is 1.58. The van der Waals surface area contributed by atoms with Gasteiger partial charge in [0.25, 0.3) is 0 Å². The molecule has 2 rings (SSSR count). The van der Waals surface area contributed by atoms with E-state index in [4.69, 9.17) is 9.47 Å². The molecule has 0 aromatic heterocycles. The van der Waals surface area contributed by atoms with E-state index in [0.717, 1.165) is 24.6 Å². The number of ether oxygens (including phenoxy) is 2. The number of anilines is 1. The number of hydrogen-bond acceptors (Lipinski definition) is 4. The summed E-state index contributed by atoms with van der Waals surface area (Å²) in [5, 5.41) is 3.62. The molecule has 1 aliphatic rings. The Morgan fingerprint density at radius 1 is 1.25 bits per heavy atom. The van der Waals surface area contributed by atoms with Gasteiger partial charge in [0, 0.05) is 36.9 Å². The first-order valence-electron chi connectivity index (χ1n) is 7.41. The molecule has 0 saturated carbocycles. The highest BCUT2D eigenvalue weighted by Crippen LogP contribution is 2.32. The lowest BCUT2D eigenvalue weighted by Gasteiger charge is -2.40. The van der Waals surface area contributed by atoms with Gasteiger partial charge in [-0.2, -0.15) is 0 Å². The van der Waals surface area contributed by atoms with Gasteiger partial charge in [0.15, 0.2) is 11.5 Å². The van der Waals surface area contributed by atoms with Gasteiger partial charge in [-0.15, -0.1) is 0 Å². The van der Waals surface area contributed by atoms with Gasteiger partial charge < -0.3 is 19.7 Å². The van der Waals surface area contributed by atoms with E-state index in [9.17, 15) is 0 Å². The first-order valence-corrected chi connectivity index (χ1v) is 7.41. The predicted octanol–water partition coefficient (Wildman–Crippen LogP) is 2.67. The van der Waals surface area contributed by atoms with Crippen molar-refractivity contribution in [2.24, 2.45) is 0 Å². The number of methoxy groups -OCH3 is 2. The van der Waals surface area contributed by atoms with E-state index in [1.165, 1.54) is 18.5 Å². The second kappa shape index (κ2) is 6.84. The number of nitrogens with one attached hydrogen (secondary N) is 1. The van der Waals surface area contributed by atoms with Crippen LogP contribution in [0.3, 0.4) is 0 Å². The molecule has 0 bridgehead atoms. The van der Waals surface area contributed by atoms with Gasteiger partial charge in [-0.1, -0.05) is 13.3 Å². The van der Waals surface area contributed by atoms with E-state index in [0.29, 0.717) is 12.1 Å². The Hall–Kier alpha value is -1.42. The summed E-state index contributed by atoms with van der Waals surface area (Å²) in [6.07, 6.45) is 2.43. The highest BCUT2D eigenvalue weighted by molar-refractivity contribution is 5.57. The standard InChI is InChI=1S/C16H26N2O2/c1-5-6-13-11-18(12(2)10-17-13)14-7-8-15(19-3)16(9-14)20-4/h7-9,12-13,17H,5-6,10-11H2,1-4H3. The minimum atomic E-state index is 0.487. The quantitative estimate of drug-likeness (QED) is 0.898. The van der Waals surface area contributed by atoms with Crippen LogP contribution in [-0.4, -0.2) is 39.4 Å². The molecule has 2 unspecified atom stereocenters. The van der Waals surface area contributed by atoms with Crippen molar-refractivity contribution in [2.75, 3.05) is 32.2 Å². The molecule has 0 spiro atoms. The second-order valence-electron chi connectivity index (χ2n) is 5.43. The summed E-state index contributed by atoms with van der Waals surface area (Å²) >= 11 is 0. The lowest BCUT2D eigenvalue weighted by atomic mass is 10.0. The average molecular weight is 278 g/mol. The van der Waals surface area contributed by atoms with Gasteiger partial charge in [-0.3, -0.25) is 0 Å². The molecule has 4 heteroatoms. The summed E-state index contributed by atoms with van der Waals surface area (Å²) in [6.45, 7) is 6.57. The number of benzene rings is 1. The number of nitrogens with zero attached hydrogens (tertiary/aromatic N) is 1. The Morgan fingerprint density at radius 2 is 2.00 bits per heavy atom. The molecule has 0 radical (unpaired) electrons. The smallest absolute Gasteiger partial charge is 0.162 e. The van der Waals surface area contributed by atoms with Crippen LogP contribution < -0.4 is 19.7 Å². The summed E-state index contributed by atoms with van der Waals surface area (Å²) in [4.78, 5) is 2.46. The van der Waals surface area contributed by atoms with E-state index in [1.54, 1.807) is 14.2 Å². The van der Waals surface area contributed by atoms with Crippen LogP contribution in [0.15, 0.2) is 18.2 Å². The van der Waals surface area contributed by atoms with Crippen molar-refractivity contribution in [3.63, 3.8) is 0 Å². The van der Waals surface area contributed by atoms with Crippen LogP contribution in [0.2, 0.25) is 0 Å². The monoisotopic (exact) mass is 278 g/mol. The van der Waals surface area contributed by atoms with Crippen LogP contribution in [0.4, 0.5) is 5.69 Å². The highest BCUT2D eigenvalue weighted by Gasteiger charge is 2.25. The molecule has 20 heavy (non-hydrogen) atoms. The van der Waals surface area contributed by atoms with Crippen molar-refractivity contribution in [2.45, 2.75) is 38.8 Å². The summed E-state index contributed by atoms with van der Waals surface area (Å²) in [7, 11) is 3.35. The van der Waals surface area contributed by atoms with Crippen molar-refractivity contribution in [3.8, 4) is 11.5 Å². The highest BCUT2D eigenvalue weighted by atomic mass is 16.5. The molecule has 0 aliphatic carbocycles. The molecule has 1 saturated heterocycles. The molecule has 112 valence electrons. The minimum absolute atomic E-state index is 0.487. The zero-order chi connectivity index (χ0) is 14.5. The third-order valence-corrected chi connectivity index (χ3v) is 3.99. The average Bonchev–Trinajstić information content (AvgIpc) is 2.48. The molecule has 1 heterocycles. The zero-order valence-electron chi connectivity index (χ0n) is 13.0. The molecular weight excluding hydrogens is 252 g/mol. The molecular formula is C16H26N2O2. The maximum atomic E-state index is 5.41. The van der Waals surface area contributed by atoms with Crippen LogP contribution in [0.1, 0.15) is 26.7 Å². The topological polar surface area (TPSA) is 33.7 Å². The van der Waals surface area contributed by atoms with Crippen LogP contribution in [0.25, 0.3) is 0 Å². The fraction of sp³-hybridized carbons (Fsp3) is 0.625. The van der Waals surface area contributed by atoms with E-state index in [-0.39, 0.29) is 0 Å². The molecule has 1 aliphatic heterocycles. The van der Waals surface area contributed by atoms with Crippen LogP contribution >= 0.6 is 0 Å². The van der Waals surface area contributed by atoms with Crippen LogP contribution in [0.5, 0.6) is 11.5 Å². The lowest BCUT2D eigenvalue weighted by Crippen LogP contribution is -2.55. The van der Waals surface area contributed by atoms with Crippen molar-refractivity contribution >= 4 is 5.69 Å². The van der Waals surface area contributed by atoms with E-state index < -0.39 is 0 Å². The molecule has 1 fully saturated rings. The second-order valence-corrected chi connectivity index (χ2v) is 5.43. The number of rotatable bonds is 5. The fourth-order valence-electron chi connectivity index (χ4n) is 2.83. The summed E-state index contributed by atoms with van der Waals surface area (Å²) in [6, 6.07) is 7.23. The molecule has 2 atom stereocenters. The fourth-order valence-corrected chi connectivity index (χ4v) is 2.83. The van der Waals surface area contributed by atoms with E-state index in [2.05, 4.69) is 36.2 Å². The van der Waals surface area contributed by atoms with Gasteiger partial charge in [-0.25, -0.2) is 0 Å². The normalized spacial score (nSPS) is 22.7. The molecule has 0 amide bonds.